The molecule has 0 aliphatic carbocycles. The number of hydrogen-bond donors (Lipinski definition) is 0. The van der Waals surface area contributed by atoms with Crippen LogP contribution in [-0.4, -0.2) is 4.98 Å². The standard InChI is InChI=1S/C14H15N.C8H18/c1-3-12-5-7-13(8-6-12)14-9-4-11(2)10-15-14;1-4-7-8(5-2)6-3/h4-10H,3H2,1-2H3;8H,4-7H2,1-3H3. The SMILES string of the molecule is CCCC(CC)CC.CCc1ccc(-c2ccc(C)cn2)cc1. The molecule has 126 valence electrons. The molecule has 23 heavy (non-hydrogen) atoms. The van der Waals surface area contributed by atoms with E-state index < -0.39 is 0 Å². The zero-order valence-corrected chi connectivity index (χ0v) is 15.6. The van der Waals surface area contributed by atoms with E-state index in [1.165, 1.54) is 42.4 Å². The Kier molecular flexibility index (Phi) is 9.28. The Hall–Kier alpha value is -1.63. The maximum atomic E-state index is 4.40. The zero-order valence-electron chi connectivity index (χ0n) is 15.6. The summed E-state index contributed by atoms with van der Waals surface area (Å²) in [4.78, 5) is 4.40. The van der Waals surface area contributed by atoms with Crippen LogP contribution in [-0.2, 0) is 6.42 Å². The molecule has 0 unspecified atom stereocenters. The molecule has 1 heteroatoms. The van der Waals surface area contributed by atoms with Crippen molar-refractivity contribution in [3.05, 3.63) is 53.7 Å². The summed E-state index contributed by atoms with van der Waals surface area (Å²) in [5.41, 5.74) is 4.80. The lowest BCUT2D eigenvalue weighted by atomic mass is 9.98. The van der Waals surface area contributed by atoms with E-state index in [4.69, 9.17) is 0 Å². The lowest BCUT2D eigenvalue weighted by Crippen LogP contribution is -1.94. The van der Waals surface area contributed by atoms with Gasteiger partial charge in [0.15, 0.2) is 0 Å². The van der Waals surface area contributed by atoms with Gasteiger partial charge in [0, 0.05) is 11.8 Å². The maximum absolute atomic E-state index is 4.40. The van der Waals surface area contributed by atoms with Gasteiger partial charge in [-0.1, -0.05) is 83.7 Å². The maximum Gasteiger partial charge on any atom is 0.0702 e. The number of hydrogen-bond acceptors (Lipinski definition) is 1. The predicted octanol–water partition coefficient (Wildman–Crippen LogP) is 6.84. The van der Waals surface area contributed by atoms with Gasteiger partial charge in [-0.25, -0.2) is 0 Å². The van der Waals surface area contributed by atoms with Crippen molar-refractivity contribution in [2.75, 3.05) is 0 Å². The lowest BCUT2D eigenvalue weighted by Gasteiger charge is -2.08. The molecular weight excluding hydrogens is 278 g/mol. The average Bonchev–Trinajstić information content (AvgIpc) is 2.61. The fourth-order valence-corrected chi connectivity index (χ4v) is 2.65. The molecule has 0 spiro atoms. The number of aromatic nitrogens is 1. The first-order chi connectivity index (χ1) is 11.1. The molecular formula is C22H33N. The summed E-state index contributed by atoms with van der Waals surface area (Å²) in [5, 5.41) is 0. The van der Waals surface area contributed by atoms with Crippen molar-refractivity contribution in [3.63, 3.8) is 0 Å². The predicted molar refractivity (Wildman–Crippen MR) is 103 cm³/mol. The minimum atomic E-state index is 1.000. The molecule has 0 saturated heterocycles. The first kappa shape index (κ1) is 19.4. The molecule has 0 fully saturated rings. The molecule has 1 heterocycles. The Labute approximate surface area is 143 Å². The highest BCUT2D eigenvalue weighted by Gasteiger charge is 1.99. The van der Waals surface area contributed by atoms with E-state index in [1.807, 2.05) is 6.20 Å². The fourth-order valence-electron chi connectivity index (χ4n) is 2.65. The van der Waals surface area contributed by atoms with Crippen molar-refractivity contribution in [3.8, 4) is 11.3 Å². The molecule has 0 bridgehead atoms. The van der Waals surface area contributed by atoms with E-state index in [9.17, 15) is 0 Å². The Bertz CT molecular complexity index is 521. The topological polar surface area (TPSA) is 12.9 Å². The monoisotopic (exact) mass is 311 g/mol. The molecule has 0 saturated carbocycles. The average molecular weight is 312 g/mol. The molecule has 0 amide bonds. The lowest BCUT2D eigenvalue weighted by molar-refractivity contribution is 0.451. The first-order valence-corrected chi connectivity index (χ1v) is 9.16. The van der Waals surface area contributed by atoms with Gasteiger partial charge in [-0.3, -0.25) is 4.98 Å². The minimum absolute atomic E-state index is 1.000. The van der Waals surface area contributed by atoms with Crippen LogP contribution in [0.3, 0.4) is 0 Å². The Balaban J connectivity index is 0.000000284. The second kappa shape index (κ2) is 11.0. The highest BCUT2D eigenvalue weighted by Crippen LogP contribution is 2.17. The second-order valence-electron chi connectivity index (χ2n) is 6.24. The van der Waals surface area contributed by atoms with Gasteiger partial charge in [0.25, 0.3) is 0 Å². The summed E-state index contributed by atoms with van der Waals surface area (Å²) in [6, 6.07) is 12.8. The van der Waals surface area contributed by atoms with Gasteiger partial charge in [-0.2, -0.15) is 0 Å². The van der Waals surface area contributed by atoms with E-state index in [0.717, 1.165) is 18.0 Å². The van der Waals surface area contributed by atoms with E-state index in [1.54, 1.807) is 0 Å². The van der Waals surface area contributed by atoms with E-state index in [2.05, 4.69) is 76.0 Å². The zero-order chi connectivity index (χ0) is 17.1. The van der Waals surface area contributed by atoms with Crippen molar-refractivity contribution < 1.29 is 0 Å². The van der Waals surface area contributed by atoms with E-state index >= 15 is 0 Å². The van der Waals surface area contributed by atoms with Crippen LogP contribution >= 0.6 is 0 Å². The normalized spacial score (nSPS) is 10.3. The number of aryl methyl sites for hydroxylation is 2. The minimum Gasteiger partial charge on any atom is -0.256 e. The van der Waals surface area contributed by atoms with Crippen molar-refractivity contribution >= 4 is 0 Å². The Morgan fingerprint density at radius 1 is 0.870 bits per heavy atom. The first-order valence-electron chi connectivity index (χ1n) is 9.16. The molecule has 0 aliphatic heterocycles. The number of rotatable bonds is 6. The number of pyridine rings is 1. The Morgan fingerprint density at radius 2 is 1.52 bits per heavy atom. The molecule has 1 aromatic heterocycles. The third-order valence-corrected chi connectivity index (χ3v) is 4.42. The van der Waals surface area contributed by atoms with Crippen LogP contribution in [0.25, 0.3) is 11.3 Å². The molecule has 0 atom stereocenters. The molecule has 1 nitrogen and oxygen atoms in total. The third-order valence-electron chi connectivity index (χ3n) is 4.42. The summed E-state index contributed by atoms with van der Waals surface area (Å²) in [6.07, 6.45) is 8.50. The summed E-state index contributed by atoms with van der Waals surface area (Å²) in [6.45, 7) is 11.0. The molecule has 2 aromatic rings. The number of benzene rings is 1. The summed E-state index contributed by atoms with van der Waals surface area (Å²) < 4.78 is 0. The van der Waals surface area contributed by atoms with E-state index in [0.29, 0.717) is 0 Å². The smallest absolute Gasteiger partial charge is 0.0702 e. The van der Waals surface area contributed by atoms with Crippen LogP contribution in [0, 0.1) is 12.8 Å². The van der Waals surface area contributed by atoms with Gasteiger partial charge in [-0.15, -0.1) is 0 Å². The summed E-state index contributed by atoms with van der Waals surface area (Å²) in [5.74, 6) is 1.000. The van der Waals surface area contributed by atoms with Crippen LogP contribution in [0.5, 0.6) is 0 Å². The molecule has 0 radical (unpaired) electrons. The van der Waals surface area contributed by atoms with Crippen molar-refractivity contribution in [2.45, 2.75) is 66.7 Å². The van der Waals surface area contributed by atoms with Crippen LogP contribution in [0.1, 0.15) is 64.5 Å². The molecule has 1 aromatic carbocycles. The van der Waals surface area contributed by atoms with Crippen LogP contribution < -0.4 is 0 Å². The highest BCUT2D eigenvalue weighted by molar-refractivity contribution is 5.59. The third kappa shape index (κ3) is 6.99. The van der Waals surface area contributed by atoms with Gasteiger partial charge < -0.3 is 0 Å². The van der Waals surface area contributed by atoms with Gasteiger partial charge in [0.05, 0.1) is 5.69 Å². The van der Waals surface area contributed by atoms with Gasteiger partial charge in [-0.05, 0) is 36.5 Å². The van der Waals surface area contributed by atoms with Gasteiger partial charge >= 0.3 is 0 Å². The summed E-state index contributed by atoms with van der Waals surface area (Å²) in [7, 11) is 0. The van der Waals surface area contributed by atoms with Crippen LogP contribution in [0.15, 0.2) is 42.6 Å². The largest absolute Gasteiger partial charge is 0.256 e. The Morgan fingerprint density at radius 3 is 1.91 bits per heavy atom. The number of nitrogens with zero attached hydrogens (tertiary/aromatic N) is 1. The van der Waals surface area contributed by atoms with Crippen molar-refractivity contribution in [1.82, 2.24) is 4.98 Å². The fraction of sp³-hybridized carbons (Fsp3) is 0.500. The second-order valence-corrected chi connectivity index (χ2v) is 6.24. The van der Waals surface area contributed by atoms with Gasteiger partial charge in [0.1, 0.15) is 0 Å². The quantitative estimate of drug-likeness (QED) is 0.569. The van der Waals surface area contributed by atoms with Crippen LogP contribution in [0.4, 0.5) is 0 Å². The molecule has 2 rings (SSSR count). The van der Waals surface area contributed by atoms with Crippen molar-refractivity contribution in [2.24, 2.45) is 5.92 Å². The van der Waals surface area contributed by atoms with Crippen molar-refractivity contribution in [1.29, 1.82) is 0 Å². The molecule has 0 aliphatic rings. The molecule has 0 N–H and O–H groups in total. The highest BCUT2D eigenvalue weighted by atomic mass is 14.7. The van der Waals surface area contributed by atoms with Crippen LogP contribution in [0.2, 0.25) is 0 Å². The van der Waals surface area contributed by atoms with E-state index in [-0.39, 0.29) is 0 Å². The summed E-state index contributed by atoms with van der Waals surface area (Å²) >= 11 is 0. The van der Waals surface area contributed by atoms with Gasteiger partial charge in [0.2, 0.25) is 0 Å².